The summed E-state index contributed by atoms with van der Waals surface area (Å²) in [5.74, 6) is -0.403. The van der Waals surface area contributed by atoms with E-state index in [1.165, 1.54) is 19.1 Å². The first-order chi connectivity index (χ1) is 6.45. The van der Waals surface area contributed by atoms with Gasteiger partial charge >= 0.3 is 0 Å². The van der Waals surface area contributed by atoms with Crippen molar-refractivity contribution >= 4 is 45.7 Å². The van der Waals surface area contributed by atoms with Crippen molar-refractivity contribution in [2.24, 2.45) is 0 Å². The van der Waals surface area contributed by atoms with E-state index in [1.807, 2.05) is 0 Å². The molecule has 0 unspecified atom stereocenters. The summed E-state index contributed by atoms with van der Waals surface area (Å²) in [6.45, 7) is 1.25. The Morgan fingerprint density at radius 2 is 2.14 bits per heavy atom. The van der Waals surface area contributed by atoms with Crippen LogP contribution in [-0.4, -0.2) is 10.7 Å². The van der Waals surface area contributed by atoms with E-state index in [2.05, 4.69) is 0 Å². The highest BCUT2D eigenvalue weighted by Gasteiger charge is 2.24. The molecule has 4 nitrogen and oxygen atoms in total. The van der Waals surface area contributed by atoms with E-state index >= 15 is 0 Å². The van der Waals surface area contributed by atoms with Crippen LogP contribution in [-0.2, 0) is 0 Å². The molecule has 0 fully saturated rings. The fourth-order valence-corrected chi connectivity index (χ4v) is 1.99. The number of ketones is 1. The molecule has 1 rings (SSSR count). The van der Waals surface area contributed by atoms with Crippen molar-refractivity contribution in [3.8, 4) is 0 Å². The monoisotopic (exact) mass is 325 g/mol. The largest absolute Gasteiger partial charge is 0.294 e. The van der Waals surface area contributed by atoms with E-state index in [0.717, 1.165) is 0 Å². The van der Waals surface area contributed by atoms with Gasteiger partial charge in [-0.3, -0.25) is 14.9 Å². The summed E-state index contributed by atoms with van der Waals surface area (Å²) in [5.41, 5.74) is -0.242. The van der Waals surface area contributed by atoms with Crippen molar-refractivity contribution in [1.82, 2.24) is 0 Å². The Kier molecular flexibility index (Phi) is 3.43. The summed E-state index contributed by atoms with van der Waals surface area (Å²) < 4.78 is 0.405. The molecule has 1 aromatic carbocycles. The minimum atomic E-state index is -0.593. The third-order valence-corrected chi connectivity index (χ3v) is 2.80. The third-order valence-electron chi connectivity index (χ3n) is 1.61. The van der Waals surface area contributed by atoms with Crippen LogP contribution in [0.15, 0.2) is 12.1 Å². The Bertz CT molecular complexity index is 380. The van der Waals surface area contributed by atoms with E-state index < -0.39 is 10.7 Å². The number of nitro benzene ring substituents is 1. The van der Waals surface area contributed by atoms with Crippen LogP contribution in [0.5, 0.6) is 0 Å². The number of hydrogen-bond acceptors (Lipinski definition) is 3. The summed E-state index contributed by atoms with van der Waals surface area (Å²) in [6, 6.07) is 2.99. The van der Waals surface area contributed by atoms with E-state index in [4.69, 9.17) is 11.6 Å². The summed E-state index contributed by atoms with van der Waals surface area (Å²) in [4.78, 5) is 21.2. The van der Waals surface area contributed by atoms with Gasteiger partial charge in [-0.15, -0.1) is 0 Å². The van der Waals surface area contributed by atoms with Gasteiger partial charge in [-0.25, -0.2) is 0 Å². The first-order valence-corrected chi connectivity index (χ1v) is 5.04. The minimum Gasteiger partial charge on any atom is -0.294 e. The lowest BCUT2D eigenvalue weighted by atomic mass is 10.1. The predicted molar refractivity (Wildman–Crippen MR) is 60.8 cm³/mol. The fraction of sp³-hybridized carbons (Fsp3) is 0.125. The van der Waals surface area contributed by atoms with Crippen molar-refractivity contribution in [2.45, 2.75) is 6.92 Å². The molecule has 0 saturated carbocycles. The van der Waals surface area contributed by atoms with Gasteiger partial charge in [0.1, 0.15) is 5.56 Å². The van der Waals surface area contributed by atoms with E-state index in [0.29, 0.717) is 3.57 Å². The maximum Gasteiger partial charge on any atom is 0.294 e. The summed E-state index contributed by atoms with van der Waals surface area (Å²) in [5, 5.41) is 10.8. The maximum absolute atomic E-state index is 11.2. The van der Waals surface area contributed by atoms with Crippen molar-refractivity contribution in [3.05, 3.63) is 36.4 Å². The lowest BCUT2D eigenvalue weighted by molar-refractivity contribution is -0.386. The molecule has 0 heterocycles. The second kappa shape index (κ2) is 4.22. The number of halogens is 2. The summed E-state index contributed by atoms with van der Waals surface area (Å²) >= 11 is 7.51. The van der Waals surface area contributed by atoms with Crippen LogP contribution in [0, 0.1) is 13.7 Å². The van der Waals surface area contributed by atoms with Gasteiger partial charge in [0.05, 0.1) is 13.5 Å². The Labute approximate surface area is 98.5 Å². The average molecular weight is 325 g/mol. The smallest absolute Gasteiger partial charge is 0.294 e. The van der Waals surface area contributed by atoms with E-state index in [-0.39, 0.29) is 16.3 Å². The first-order valence-electron chi connectivity index (χ1n) is 3.58. The van der Waals surface area contributed by atoms with Crippen molar-refractivity contribution in [2.75, 3.05) is 0 Å². The standard InChI is InChI=1S/C8H5ClINO3/c1-4(12)7-5(9)2-3-6(10)8(7)11(13)14/h2-3H,1H3. The maximum atomic E-state index is 11.2. The lowest BCUT2D eigenvalue weighted by Crippen LogP contribution is -2.03. The SMILES string of the molecule is CC(=O)c1c(Cl)ccc(I)c1[N+](=O)[O-]. The molecule has 0 aromatic heterocycles. The number of Topliss-reactive ketones (excluding diaryl/α,β-unsaturated/α-hetero) is 1. The molecule has 0 bridgehead atoms. The molecule has 74 valence electrons. The predicted octanol–water partition coefficient (Wildman–Crippen LogP) is 3.06. The highest BCUT2D eigenvalue weighted by molar-refractivity contribution is 14.1. The van der Waals surface area contributed by atoms with Gasteiger partial charge in [0, 0.05) is 0 Å². The Hall–Kier alpha value is -0.690. The molecule has 6 heteroatoms. The van der Waals surface area contributed by atoms with Gasteiger partial charge in [-0.05, 0) is 41.6 Å². The second-order valence-electron chi connectivity index (χ2n) is 2.57. The number of rotatable bonds is 2. The first kappa shape index (κ1) is 11.4. The number of carbonyl (C=O) groups excluding carboxylic acids is 1. The number of benzene rings is 1. The lowest BCUT2D eigenvalue weighted by Gasteiger charge is -2.02. The highest BCUT2D eigenvalue weighted by atomic mass is 127. The van der Waals surface area contributed by atoms with Crippen LogP contribution in [0.25, 0.3) is 0 Å². The zero-order valence-electron chi connectivity index (χ0n) is 7.08. The van der Waals surface area contributed by atoms with Crippen LogP contribution in [0.2, 0.25) is 5.02 Å². The second-order valence-corrected chi connectivity index (χ2v) is 4.14. The normalized spacial score (nSPS) is 9.93. The molecule has 14 heavy (non-hydrogen) atoms. The Morgan fingerprint density at radius 3 is 2.50 bits per heavy atom. The topological polar surface area (TPSA) is 60.2 Å². The number of carbonyl (C=O) groups is 1. The minimum absolute atomic E-state index is 0.0245. The van der Waals surface area contributed by atoms with Crippen molar-refractivity contribution in [3.63, 3.8) is 0 Å². The van der Waals surface area contributed by atoms with Crippen LogP contribution in [0.4, 0.5) is 5.69 Å². The molecule has 0 aliphatic rings. The van der Waals surface area contributed by atoms with Gasteiger partial charge < -0.3 is 0 Å². The Balaban J connectivity index is 3.58. The van der Waals surface area contributed by atoms with E-state index in [1.54, 1.807) is 22.6 Å². The van der Waals surface area contributed by atoms with Crippen LogP contribution in [0.1, 0.15) is 17.3 Å². The van der Waals surface area contributed by atoms with Gasteiger partial charge in [-0.2, -0.15) is 0 Å². The molecule has 0 spiro atoms. The quantitative estimate of drug-likeness (QED) is 0.363. The highest BCUT2D eigenvalue weighted by Crippen LogP contribution is 2.31. The van der Waals surface area contributed by atoms with Crippen molar-refractivity contribution < 1.29 is 9.72 Å². The van der Waals surface area contributed by atoms with Crippen LogP contribution < -0.4 is 0 Å². The zero-order chi connectivity index (χ0) is 10.9. The molecule has 0 saturated heterocycles. The molecule has 0 aliphatic carbocycles. The molecule has 0 amide bonds. The van der Waals surface area contributed by atoms with Crippen LogP contribution in [0.3, 0.4) is 0 Å². The van der Waals surface area contributed by atoms with Gasteiger partial charge in [-0.1, -0.05) is 11.6 Å². The Morgan fingerprint density at radius 1 is 1.57 bits per heavy atom. The molecule has 1 aromatic rings. The van der Waals surface area contributed by atoms with Gasteiger partial charge in [0.15, 0.2) is 5.78 Å². The molecule has 0 N–H and O–H groups in total. The van der Waals surface area contributed by atoms with Gasteiger partial charge in [0.25, 0.3) is 5.69 Å². The van der Waals surface area contributed by atoms with Crippen molar-refractivity contribution in [1.29, 1.82) is 0 Å². The third kappa shape index (κ3) is 2.03. The average Bonchev–Trinajstić information content (AvgIpc) is 2.07. The van der Waals surface area contributed by atoms with Crippen LogP contribution >= 0.6 is 34.2 Å². The number of hydrogen-bond donors (Lipinski definition) is 0. The molecular formula is C8H5ClINO3. The number of nitrogens with zero attached hydrogens (tertiary/aromatic N) is 1. The molecular weight excluding hydrogens is 320 g/mol. The van der Waals surface area contributed by atoms with E-state index in [9.17, 15) is 14.9 Å². The van der Waals surface area contributed by atoms with Gasteiger partial charge in [0.2, 0.25) is 0 Å². The summed E-state index contributed by atoms with van der Waals surface area (Å²) in [6.07, 6.45) is 0. The zero-order valence-corrected chi connectivity index (χ0v) is 10.00. The molecule has 0 aliphatic heterocycles. The molecule has 0 radical (unpaired) electrons. The molecule has 0 atom stereocenters. The number of nitro groups is 1. The summed E-state index contributed by atoms with van der Waals surface area (Å²) in [7, 11) is 0. The fourth-order valence-electron chi connectivity index (χ4n) is 1.05.